The molecule has 0 unspecified atom stereocenters. The molecule has 38 heavy (non-hydrogen) atoms. The van der Waals surface area contributed by atoms with Gasteiger partial charge in [0.1, 0.15) is 0 Å². The van der Waals surface area contributed by atoms with Gasteiger partial charge in [-0.3, -0.25) is 14.5 Å². The molecule has 1 aliphatic heterocycles. The van der Waals surface area contributed by atoms with Crippen LogP contribution in [0.25, 0.3) is 10.9 Å². The SMILES string of the molecule is CSc1cc(C)[nH]c(=O)c1CNC(=O)c1c(C)n([C@H](C)C2CCN(CC(F)(F)F)CC2)c2cccc(C)c12. The largest absolute Gasteiger partial charge is 0.401 e. The van der Waals surface area contributed by atoms with Crippen molar-refractivity contribution >= 4 is 28.6 Å². The van der Waals surface area contributed by atoms with Gasteiger partial charge in [-0.05, 0) is 83.5 Å². The lowest BCUT2D eigenvalue weighted by atomic mass is 9.90. The summed E-state index contributed by atoms with van der Waals surface area (Å²) in [7, 11) is 0. The first-order valence-electron chi connectivity index (χ1n) is 12.9. The van der Waals surface area contributed by atoms with E-state index in [0.29, 0.717) is 37.1 Å². The topological polar surface area (TPSA) is 70.1 Å². The number of aromatic nitrogens is 2. The van der Waals surface area contributed by atoms with Crippen molar-refractivity contribution in [2.24, 2.45) is 5.92 Å². The number of amides is 1. The molecular formula is C28H35F3N4O2S. The lowest BCUT2D eigenvalue weighted by Crippen LogP contribution is -2.41. The maximum absolute atomic E-state index is 13.6. The summed E-state index contributed by atoms with van der Waals surface area (Å²) in [5, 5.41) is 3.84. The second kappa shape index (κ2) is 11.2. The zero-order valence-electron chi connectivity index (χ0n) is 22.5. The molecule has 6 nitrogen and oxygen atoms in total. The molecule has 10 heteroatoms. The van der Waals surface area contributed by atoms with Gasteiger partial charge in [0.2, 0.25) is 0 Å². The third-order valence-corrected chi connectivity index (χ3v) is 8.51. The van der Waals surface area contributed by atoms with Crippen LogP contribution in [0.1, 0.15) is 58.7 Å². The van der Waals surface area contributed by atoms with Gasteiger partial charge in [0.15, 0.2) is 0 Å². The number of nitrogens with zero attached hydrogens (tertiary/aromatic N) is 2. The second-order valence-electron chi connectivity index (χ2n) is 10.3. The maximum atomic E-state index is 13.6. The summed E-state index contributed by atoms with van der Waals surface area (Å²) < 4.78 is 40.7. The highest BCUT2D eigenvalue weighted by Gasteiger charge is 2.34. The Hall–Kier alpha value is -2.72. The normalized spacial score (nSPS) is 16.2. The Morgan fingerprint density at radius 2 is 1.89 bits per heavy atom. The Bertz CT molecular complexity index is 1390. The number of benzene rings is 1. The number of piperidine rings is 1. The minimum absolute atomic E-state index is 0.0110. The van der Waals surface area contributed by atoms with Crippen molar-refractivity contribution in [1.29, 1.82) is 0 Å². The van der Waals surface area contributed by atoms with Crippen molar-refractivity contribution in [3.63, 3.8) is 0 Å². The van der Waals surface area contributed by atoms with Gasteiger partial charge in [0.25, 0.3) is 11.5 Å². The Balaban J connectivity index is 1.62. The molecule has 2 aromatic heterocycles. The molecular weight excluding hydrogens is 513 g/mol. The van der Waals surface area contributed by atoms with Gasteiger partial charge >= 0.3 is 6.18 Å². The highest BCUT2D eigenvalue weighted by Crippen LogP contribution is 2.37. The zero-order chi connectivity index (χ0) is 27.8. The first kappa shape index (κ1) is 28.3. The van der Waals surface area contributed by atoms with Gasteiger partial charge in [-0.25, -0.2) is 0 Å². The van der Waals surface area contributed by atoms with E-state index in [-0.39, 0.29) is 30.0 Å². The number of thioether (sulfide) groups is 1. The van der Waals surface area contributed by atoms with Crippen molar-refractivity contribution < 1.29 is 18.0 Å². The number of halogens is 3. The van der Waals surface area contributed by atoms with Crippen molar-refractivity contribution in [3.05, 3.63) is 62.7 Å². The standard InChI is InChI=1S/C28H35F3N4O2S/c1-16-7-6-8-22-24(16)25(27(37)32-14-21-23(38-5)13-17(2)33-26(21)36)19(4)35(22)18(3)20-9-11-34(12-10-20)15-28(29,30)31/h6-8,13,18,20H,9-12,14-15H2,1-5H3,(H,32,37)(H,33,36)/t18-/m1/s1. The Morgan fingerprint density at radius 1 is 1.21 bits per heavy atom. The van der Waals surface area contributed by atoms with Gasteiger partial charge in [-0.1, -0.05) is 12.1 Å². The van der Waals surface area contributed by atoms with E-state index in [1.165, 1.54) is 16.7 Å². The molecule has 0 aliphatic carbocycles. The Labute approximate surface area is 225 Å². The molecule has 0 spiro atoms. The molecule has 0 saturated carbocycles. The van der Waals surface area contributed by atoms with Gasteiger partial charge in [0.05, 0.1) is 12.1 Å². The molecule has 0 radical (unpaired) electrons. The second-order valence-corrected chi connectivity index (χ2v) is 11.1. The van der Waals surface area contributed by atoms with Crippen LogP contribution in [0.2, 0.25) is 0 Å². The quantitative estimate of drug-likeness (QED) is 0.370. The van der Waals surface area contributed by atoms with Crippen LogP contribution in [0.4, 0.5) is 13.2 Å². The van der Waals surface area contributed by atoms with Crippen molar-refractivity contribution in [3.8, 4) is 0 Å². The number of hydrogen-bond acceptors (Lipinski definition) is 4. The van der Waals surface area contributed by atoms with Crippen LogP contribution in [-0.4, -0.2) is 52.4 Å². The van der Waals surface area contributed by atoms with E-state index in [2.05, 4.69) is 21.8 Å². The predicted octanol–water partition coefficient (Wildman–Crippen LogP) is 5.74. The summed E-state index contributed by atoms with van der Waals surface area (Å²) in [5.41, 5.74) is 4.38. The molecule has 1 fully saturated rings. The number of carbonyl (C=O) groups excluding carboxylic acids is 1. The fraction of sp³-hybridized carbons (Fsp3) is 0.500. The molecule has 1 aliphatic rings. The number of aryl methyl sites for hydroxylation is 2. The summed E-state index contributed by atoms with van der Waals surface area (Å²) in [4.78, 5) is 31.3. The van der Waals surface area contributed by atoms with Crippen LogP contribution >= 0.6 is 11.8 Å². The Kier molecular flexibility index (Phi) is 8.32. The number of carbonyl (C=O) groups is 1. The molecule has 2 N–H and O–H groups in total. The van der Waals surface area contributed by atoms with E-state index in [1.807, 2.05) is 51.3 Å². The fourth-order valence-electron chi connectivity index (χ4n) is 5.81. The smallest absolute Gasteiger partial charge is 0.348 e. The fourth-order valence-corrected chi connectivity index (χ4v) is 6.52. The number of likely N-dealkylation sites (tertiary alicyclic amines) is 1. The molecule has 0 bridgehead atoms. The molecule has 1 saturated heterocycles. The summed E-state index contributed by atoms with van der Waals surface area (Å²) in [6.07, 6.45) is -0.962. The molecule has 1 aromatic carbocycles. The number of pyridine rings is 1. The van der Waals surface area contributed by atoms with Crippen molar-refractivity contribution in [1.82, 2.24) is 19.8 Å². The molecule has 206 valence electrons. The Morgan fingerprint density at radius 3 is 2.53 bits per heavy atom. The molecule has 3 aromatic rings. The third kappa shape index (κ3) is 5.81. The molecule has 3 heterocycles. The molecule has 4 rings (SSSR count). The van der Waals surface area contributed by atoms with Crippen LogP contribution in [0.5, 0.6) is 0 Å². The average molecular weight is 549 g/mol. The molecule has 1 atom stereocenters. The highest BCUT2D eigenvalue weighted by molar-refractivity contribution is 7.98. The summed E-state index contributed by atoms with van der Waals surface area (Å²) in [5.74, 6) is -0.0553. The predicted molar refractivity (Wildman–Crippen MR) is 146 cm³/mol. The van der Waals surface area contributed by atoms with Crippen LogP contribution < -0.4 is 10.9 Å². The van der Waals surface area contributed by atoms with Gasteiger partial charge in [-0.15, -0.1) is 11.8 Å². The average Bonchev–Trinajstić information content (AvgIpc) is 3.15. The van der Waals surface area contributed by atoms with E-state index >= 15 is 0 Å². The minimum Gasteiger partial charge on any atom is -0.348 e. The van der Waals surface area contributed by atoms with Crippen LogP contribution in [0.15, 0.2) is 34.0 Å². The van der Waals surface area contributed by atoms with Gasteiger partial charge in [0, 0.05) is 45.3 Å². The van der Waals surface area contributed by atoms with Crippen molar-refractivity contribution in [2.45, 2.75) is 64.2 Å². The van der Waals surface area contributed by atoms with Gasteiger partial charge in [-0.2, -0.15) is 13.2 Å². The number of aromatic amines is 1. The number of H-pyrrole nitrogens is 1. The minimum atomic E-state index is -4.19. The number of rotatable bonds is 7. The van der Waals surface area contributed by atoms with Crippen molar-refractivity contribution in [2.75, 3.05) is 25.9 Å². The number of alkyl halides is 3. The number of nitrogens with one attached hydrogen (secondary N) is 2. The van der Waals surface area contributed by atoms with Crippen LogP contribution in [-0.2, 0) is 6.54 Å². The summed E-state index contributed by atoms with van der Waals surface area (Å²) >= 11 is 1.46. The lowest BCUT2D eigenvalue weighted by molar-refractivity contribution is -0.149. The molecule has 1 amide bonds. The first-order chi connectivity index (χ1) is 17.9. The zero-order valence-corrected chi connectivity index (χ0v) is 23.3. The number of fused-ring (bicyclic) bond motifs is 1. The highest BCUT2D eigenvalue weighted by atomic mass is 32.2. The lowest BCUT2D eigenvalue weighted by Gasteiger charge is -2.36. The van der Waals surface area contributed by atoms with Gasteiger partial charge < -0.3 is 14.9 Å². The third-order valence-electron chi connectivity index (χ3n) is 7.71. The van der Waals surface area contributed by atoms with E-state index in [1.54, 1.807) is 0 Å². The monoisotopic (exact) mass is 548 g/mol. The van der Waals surface area contributed by atoms with E-state index in [9.17, 15) is 22.8 Å². The van der Waals surface area contributed by atoms with Crippen LogP contribution in [0, 0.1) is 26.7 Å². The number of hydrogen-bond donors (Lipinski definition) is 2. The van der Waals surface area contributed by atoms with E-state index < -0.39 is 12.7 Å². The summed E-state index contributed by atoms with van der Waals surface area (Å²) in [6, 6.07) is 7.84. The van der Waals surface area contributed by atoms with E-state index in [4.69, 9.17) is 0 Å². The maximum Gasteiger partial charge on any atom is 0.401 e. The van der Waals surface area contributed by atoms with Crippen LogP contribution in [0.3, 0.4) is 0 Å². The van der Waals surface area contributed by atoms with E-state index in [0.717, 1.165) is 32.7 Å². The summed E-state index contributed by atoms with van der Waals surface area (Å²) in [6.45, 7) is 7.86. The first-order valence-corrected chi connectivity index (χ1v) is 14.1.